The largest absolute Gasteiger partial charge is 0.467 e. The molecule has 2 heterocycles. The summed E-state index contributed by atoms with van der Waals surface area (Å²) in [4.78, 5) is 13.4. The second-order valence-electron chi connectivity index (χ2n) is 3.37. The quantitative estimate of drug-likeness (QED) is 0.713. The van der Waals surface area contributed by atoms with Crippen LogP contribution in [0.3, 0.4) is 0 Å². The third kappa shape index (κ3) is 5.41. The zero-order valence-corrected chi connectivity index (χ0v) is 10.4. The van der Waals surface area contributed by atoms with Crippen molar-refractivity contribution in [3.05, 3.63) is 6.33 Å². The Bertz CT molecular complexity index is 299. The highest BCUT2D eigenvalue weighted by Crippen LogP contribution is 2.03. The first-order valence-corrected chi connectivity index (χ1v) is 5.29. The van der Waals surface area contributed by atoms with E-state index in [2.05, 4.69) is 26.9 Å². The molecule has 1 aromatic rings. The maximum atomic E-state index is 5.10. The molecule has 0 aliphatic carbocycles. The number of hydrogen-bond donors (Lipinski definition) is 0. The Morgan fingerprint density at radius 1 is 1.12 bits per heavy atom. The van der Waals surface area contributed by atoms with E-state index in [4.69, 9.17) is 14.2 Å². The van der Waals surface area contributed by atoms with E-state index in [1.54, 1.807) is 0 Å². The molecule has 0 spiro atoms. The average Bonchev–Trinajstić information content (AvgIpc) is 2.40. The monoisotopic (exact) mass is 242 g/mol. The Morgan fingerprint density at radius 2 is 1.65 bits per heavy atom. The maximum Gasteiger partial charge on any atom is 0.322 e. The van der Waals surface area contributed by atoms with Crippen molar-refractivity contribution < 1.29 is 14.2 Å². The predicted molar refractivity (Wildman–Crippen MR) is 61.2 cm³/mol. The highest BCUT2D eigenvalue weighted by Gasteiger charge is 2.02. The fraction of sp³-hybridized carbons (Fsp3) is 0.700. The Morgan fingerprint density at radius 3 is 2.00 bits per heavy atom. The molecule has 1 saturated heterocycles. The number of rotatable bonds is 2. The van der Waals surface area contributed by atoms with Crippen LogP contribution in [0, 0.1) is 0 Å². The van der Waals surface area contributed by atoms with Gasteiger partial charge in [-0.1, -0.05) is 0 Å². The molecular formula is C10H18N4O3. The molecule has 0 bridgehead atoms. The van der Waals surface area contributed by atoms with Crippen molar-refractivity contribution in [3.63, 3.8) is 0 Å². The van der Waals surface area contributed by atoms with Gasteiger partial charge in [0.1, 0.15) is 6.33 Å². The molecule has 0 N–H and O–H groups in total. The SMILES string of the molecule is CN1CCOCC1.COc1ncnc(OC)n1. The van der Waals surface area contributed by atoms with E-state index in [-0.39, 0.29) is 12.0 Å². The molecule has 7 nitrogen and oxygen atoms in total. The number of likely N-dealkylation sites (N-methyl/N-ethyl adjacent to an activating group) is 1. The lowest BCUT2D eigenvalue weighted by Gasteiger charge is -2.21. The highest BCUT2D eigenvalue weighted by molar-refractivity contribution is 4.98. The summed E-state index contributed by atoms with van der Waals surface area (Å²) in [6.45, 7) is 4.02. The fourth-order valence-corrected chi connectivity index (χ4v) is 1.12. The van der Waals surface area contributed by atoms with Crippen LogP contribution in [-0.4, -0.2) is 67.4 Å². The van der Waals surface area contributed by atoms with Crippen LogP contribution in [0.25, 0.3) is 0 Å². The van der Waals surface area contributed by atoms with Crippen LogP contribution < -0.4 is 9.47 Å². The van der Waals surface area contributed by atoms with Gasteiger partial charge in [0.15, 0.2) is 0 Å². The minimum absolute atomic E-state index is 0.256. The summed E-state index contributed by atoms with van der Waals surface area (Å²) in [6.07, 6.45) is 1.32. The van der Waals surface area contributed by atoms with Gasteiger partial charge in [0, 0.05) is 13.1 Å². The smallest absolute Gasteiger partial charge is 0.322 e. The lowest BCUT2D eigenvalue weighted by atomic mass is 10.5. The van der Waals surface area contributed by atoms with Crippen molar-refractivity contribution >= 4 is 0 Å². The molecule has 1 aliphatic heterocycles. The fourth-order valence-electron chi connectivity index (χ4n) is 1.12. The molecule has 7 heteroatoms. The number of methoxy groups -OCH3 is 2. The first-order valence-electron chi connectivity index (χ1n) is 5.29. The van der Waals surface area contributed by atoms with Crippen LogP contribution in [0.5, 0.6) is 12.0 Å². The van der Waals surface area contributed by atoms with E-state index in [0.29, 0.717) is 0 Å². The zero-order chi connectivity index (χ0) is 12.5. The molecular weight excluding hydrogens is 224 g/mol. The Balaban J connectivity index is 0.000000181. The van der Waals surface area contributed by atoms with Gasteiger partial charge in [-0.05, 0) is 7.05 Å². The van der Waals surface area contributed by atoms with E-state index in [0.717, 1.165) is 26.3 Å². The standard InChI is InChI=1S/C5H7N3O2.C5H11NO/c1-9-4-6-3-7-5(8-4)10-2;1-6-2-4-7-5-3-6/h3H,1-2H3;2-5H2,1H3. The first kappa shape index (κ1) is 13.6. The number of hydrogen-bond acceptors (Lipinski definition) is 7. The van der Waals surface area contributed by atoms with Crippen LogP contribution in [0.15, 0.2) is 6.33 Å². The molecule has 0 radical (unpaired) electrons. The molecule has 96 valence electrons. The summed E-state index contributed by atoms with van der Waals surface area (Å²) >= 11 is 0. The zero-order valence-electron chi connectivity index (χ0n) is 10.4. The molecule has 0 saturated carbocycles. The second-order valence-corrected chi connectivity index (χ2v) is 3.37. The minimum Gasteiger partial charge on any atom is -0.467 e. The molecule has 0 atom stereocenters. The average molecular weight is 242 g/mol. The molecule has 0 amide bonds. The summed E-state index contributed by atoms with van der Waals surface area (Å²) in [5.41, 5.74) is 0. The third-order valence-electron chi connectivity index (χ3n) is 2.13. The molecule has 2 rings (SSSR count). The second kappa shape index (κ2) is 7.75. The van der Waals surface area contributed by atoms with Crippen LogP contribution >= 0.6 is 0 Å². The molecule has 0 aromatic carbocycles. The van der Waals surface area contributed by atoms with Gasteiger partial charge in [0.05, 0.1) is 27.4 Å². The van der Waals surface area contributed by atoms with E-state index in [1.165, 1.54) is 20.5 Å². The van der Waals surface area contributed by atoms with Crippen LogP contribution in [0.4, 0.5) is 0 Å². The van der Waals surface area contributed by atoms with Gasteiger partial charge in [0.25, 0.3) is 0 Å². The van der Waals surface area contributed by atoms with Crippen LogP contribution in [0.1, 0.15) is 0 Å². The lowest BCUT2D eigenvalue weighted by molar-refractivity contribution is 0.0503. The first-order chi connectivity index (χ1) is 8.26. The number of ether oxygens (including phenoxy) is 3. The molecule has 1 aliphatic rings. The van der Waals surface area contributed by atoms with Gasteiger partial charge < -0.3 is 19.1 Å². The normalized spacial score (nSPS) is 15.7. The van der Waals surface area contributed by atoms with Crippen molar-refractivity contribution in [2.75, 3.05) is 47.6 Å². The topological polar surface area (TPSA) is 69.6 Å². The lowest BCUT2D eigenvalue weighted by Crippen LogP contribution is -2.32. The van der Waals surface area contributed by atoms with Gasteiger partial charge in [0.2, 0.25) is 0 Å². The van der Waals surface area contributed by atoms with Crippen molar-refractivity contribution in [1.29, 1.82) is 0 Å². The van der Waals surface area contributed by atoms with Crippen molar-refractivity contribution in [1.82, 2.24) is 19.9 Å². The summed E-state index contributed by atoms with van der Waals surface area (Å²) in [7, 11) is 5.08. The number of aromatic nitrogens is 3. The van der Waals surface area contributed by atoms with Gasteiger partial charge in [-0.3, -0.25) is 0 Å². The summed E-state index contributed by atoms with van der Waals surface area (Å²) < 4.78 is 14.5. The molecule has 1 aromatic heterocycles. The Hall–Kier alpha value is -1.47. The van der Waals surface area contributed by atoms with Crippen molar-refractivity contribution in [3.8, 4) is 12.0 Å². The van der Waals surface area contributed by atoms with Gasteiger partial charge in [-0.15, -0.1) is 4.98 Å². The van der Waals surface area contributed by atoms with E-state index < -0.39 is 0 Å². The van der Waals surface area contributed by atoms with Gasteiger partial charge in [-0.25, -0.2) is 0 Å². The summed E-state index contributed by atoms with van der Waals surface area (Å²) in [5, 5.41) is 0. The predicted octanol–water partition coefficient (Wildman–Crippen LogP) is -0.163. The van der Waals surface area contributed by atoms with Gasteiger partial charge in [-0.2, -0.15) is 9.97 Å². The van der Waals surface area contributed by atoms with Crippen molar-refractivity contribution in [2.45, 2.75) is 0 Å². The van der Waals surface area contributed by atoms with E-state index >= 15 is 0 Å². The van der Waals surface area contributed by atoms with Crippen LogP contribution in [0.2, 0.25) is 0 Å². The summed E-state index contributed by atoms with van der Waals surface area (Å²) in [5.74, 6) is 0. The number of morpholine rings is 1. The Kier molecular flexibility index (Phi) is 6.19. The minimum atomic E-state index is 0.256. The van der Waals surface area contributed by atoms with Gasteiger partial charge >= 0.3 is 12.0 Å². The highest BCUT2D eigenvalue weighted by atomic mass is 16.5. The Labute approximate surface area is 101 Å². The molecule has 1 fully saturated rings. The maximum absolute atomic E-state index is 5.10. The molecule has 17 heavy (non-hydrogen) atoms. The molecule has 0 unspecified atom stereocenters. The van der Waals surface area contributed by atoms with Crippen LogP contribution in [-0.2, 0) is 4.74 Å². The van der Waals surface area contributed by atoms with Crippen molar-refractivity contribution in [2.24, 2.45) is 0 Å². The third-order valence-corrected chi connectivity index (χ3v) is 2.13. The summed E-state index contributed by atoms with van der Waals surface area (Å²) in [6, 6.07) is 0.513. The van der Waals surface area contributed by atoms with E-state index in [1.807, 2.05) is 0 Å². The number of nitrogens with zero attached hydrogens (tertiary/aromatic N) is 4. The van der Waals surface area contributed by atoms with E-state index in [9.17, 15) is 0 Å².